The summed E-state index contributed by atoms with van der Waals surface area (Å²) in [5, 5.41) is 11.4. The van der Waals surface area contributed by atoms with Gasteiger partial charge >= 0.3 is 0 Å². The molecule has 7 heteroatoms. The third-order valence-electron chi connectivity index (χ3n) is 6.83. The first-order chi connectivity index (χ1) is 17.7. The third kappa shape index (κ3) is 4.88. The first kappa shape index (κ1) is 26.5. The largest absolute Gasteiger partial charge is 0.507 e. The molecule has 4 rings (SSSR count). The molecule has 1 unspecified atom stereocenters. The molecule has 0 radical (unpaired) electrons. The topological polar surface area (TPSA) is 70.1 Å². The normalized spacial score (nSPS) is 16.8. The van der Waals surface area contributed by atoms with Gasteiger partial charge in [-0.15, -0.1) is 0 Å². The van der Waals surface area contributed by atoms with Gasteiger partial charge in [0.05, 0.1) is 23.2 Å². The molecular formula is C30H31BrN2O4. The van der Waals surface area contributed by atoms with Crippen LogP contribution in [0, 0.1) is 13.8 Å². The van der Waals surface area contributed by atoms with E-state index in [4.69, 9.17) is 4.74 Å². The number of aliphatic hydroxyl groups excluding tert-OH is 1. The molecule has 192 valence electrons. The minimum atomic E-state index is -0.785. The summed E-state index contributed by atoms with van der Waals surface area (Å²) in [6.07, 6.45) is 0. The van der Waals surface area contributed by atoms with E-state index in [1.807, 2.05) is 56.3 Å². The maximum atomic E-state index is 13.5. The second kappa shape index (κ2) is 10.8. The lowest BCUT2D eigenvalue weighted by molar-refractivity contribution is -0.132. The number of ketones is 1. The van der Waals surface area contributed by atoms with E-state index < -0.39 is 17.7 Å². The number of hydrogen-bond acceptors (Lipinski definition) is 5. The SMILES string of the molecule is CCN(CC)c1ccc(C2/C(=C(/O)c3ccc(OC)c(Br)c3)C(=O)C(=O)N2c2cc(C)ccc2C)cc1. The highest BCUT2D eigenvalue weighted by Gasteiger charge is 2.47. The zero-order chi connectivity index (χ0) is 26.9. The Labute approximate surface area is 226 Å². The van der Waals surface area contributed by atoms with E-state index in [1.54, 1.807) is 25.3 Å². The number of benzene rings is 3. The first-order valence-corrected chi connectivity index (χ1v) is 13.1. The molecule has 37 heavy (non-hydrogen) atoms. The lowest BCUT2D eigenvalue weighted by Gasteiger charge is -2.28. The molecule has 1 saturated heterocycles. The predicted molar refractivity (Wildman–Crippen MR) is 151 cm³/mol. The van der Waals surface area contributed by atoms with Gasteiger partial charge in [0, 0.05) is 30.0 Å². The van der Waals surface area contributed by atoms with Crippen LogP contribution >= 0.6 is 15.9 Å². The lowest BCUT2D eigenvalue weighted by atomic mass is 9.94. The van der Waals surface area contributed by atoms with Crippen LogP contribution in [0.2, 0.25) is 0 Å². The maximum Gasteiger partial charge on any atom is 0.300 e. The Balaban J connectivity index is 1.93. The summed E-state index contributed by atoms with van der Waals surface area (Å²) in [5.41, 5.74) is 4.74. The molecule has 3 aromatic carbocycles. The van der Waals surface area contributed by atoms with E-state index in [1.165, 1.54) is 4.90 Å². The van der Waals surface area contributed by atoms with Crippen molar-refractivity contribution in [2.45, 2.75) is 33.7 Å². The standard InChI is InChI=1S/C30H31BrN2O4/c1-6-32(7-2)22-13-10-20(11-14-22)27-26(28(34)21-12-15-25(37-5)23(31)17-21)29(35)30(36)33(27)24-16-18(3)8-9-19(24)4/h8-17,27,34H,6-7H2,1-5H3/b28-26-. The molecule has 1 amide bonds. The number of hydrogen-bond donors (Lipinski definition) is 1. The molecular weight excluding hydrogens is 532 g/mol. The van der Waals surface area contributed by atoms with Crippen LogP contribution < -0.4 is 14.5 Å². The Hall–Kier alpha value is -3.58. The zero-order valence-corrected chi connectivity index (χ0v) is 23.3. The summed E-state index contributed by atoms with van der Waals surface area (Å²) < 4.78 is 5.93. The van der Waals surface area contributed by atoms with Gasteiger partial charge in [-0.2, -0.15) is 0 Å². The van der Waals surface area contributed by atoms with Gasteiger partial charge in [-0.1, -0.05) is 24.3 Å². The average molecular weight is 563 g/mol. The number of anilines is 2. The quantitative estimate of drug-likeness (QED) is 0.201. The van der Waals surface area contributed by atoms with Gasteiger partial charge in [0.2, 0.25) is 0 Å². The molecule has 1 aliphatic heterocycles. The van der Waals surface area contributed by atoms with Crippen LogP contribution in [-0.4, -0.2) is 37.0 Å². The summed E-state index contributed by atoms with van der Waals surface area (Å²) in [5.74, 6) is -1.02. The van der Waals surface area contributed by atoms with Crippen molar-refractivity contribution < 1.29 is 19.4 Å². The van der Waals surface area contributed by atoms with Gasteiger partial charge < -0.3 is 14.7 Å². The number of nitrogens with zero attached hydrogens (tertiary/aromatic N) is 2. The van der Waals surface area contributed by atoms with E-state index in [0.29, 0.717) is 21.5 Å². The summed E-state index contributed by atoms with van der Waals surface area (Å²) in [6, 6.07) is 17.9. The predicted octanol–water partition coefficient (Wildman–Crippen LogP) is 6.55. The van der Waals surface area contributed by atoms with Crippen LogP contribution in [0.1, 0.15) is 42.1 Å². The Morgan fingerprint density at radius 1 is 1.00 bits per heavy atom. The van der Waals surface area contributed by atoms with Crippen molar-refractivity contribution in [1.29, 1.82) is 0 Å². The molecule has 1 atom stereocenters. The lowest BCUT2D eigenvalue weighted by Crippen LogP contribution is -2.30. The van der Waals surface area contributed by atoms with E-state index >= 15 is 0 Å². The van der Waals surface area contributed by atoms with Crippen molar-refractivity contribution in [3.8, 4) is 5.75 Å². The fourth-order valence-corrected chi connectivity index (χ4v) is 5.34. The summed E-state index contributed by atoms with van der Waals surface area (Å²) in [4.78, 5) is 30.8. The zero-order valence-electron chi connectivity index (χ0n) is 21.7. The Morgan fingerprint density at radius 3 is 2.27 bits per heavy atom. The number of halogens is 1. The van der Waals surface area contributed by atoms with Crippen LogP contribution in [0.25, 0.3) is 5.76 Å². The number of methoxy groups -OCH3 is 1. The first-order valence-electron chi connectivity index (χ1n) is 12.3. The number of ether oxygens (including phenoxy) is 1. The molecule has 0 saturated carbocycles. The number of amides is 1. The summed E-state index contributed by atoms with van der Waals surface area (Å²) in [6.45, 7) is 9.78. The van der Waals surface area contributed by atoms with Crippen LogP contribution in [0.3, 0.4) is 0 Å². The van der Waals surface area contributed by atoms with Crippen molar-refractivity contribution in [2.24, 2.45) is 0 Å². The fourth-order valence-electron chi connectivity index (χ4n) is 4.80. The van der Waals surface area contributed by atoms with Crippen LogP contribution in [0.4, 0.5) is 11.4 Å². The molecule has 1 heterocycles. The van der Waals surface area contributed by atoms with Gasteiger partial charge in [0.15, 0.2) is 0 Å². The van der Waals surface area contributed by atoms with Crippen molar-refractivity contribution in [2.75, 3.05) is 30.0 Å². The van der Waals surface area contributed by atoms with Crippen LogP contribution in [0.15, 0.2) is 70.7 Å². The van der Waals surface area contributed by atoms with Gasteiger partial charge in [0.1, 0.15) is 11.5 Å². The van der Waals surface area contributed by atoms with Crippen molar-refractivity contribution in [1.82, 2.24) is 0 Å². The molecule has 1 aliphatic rings. The second-order valence-corrected chi connectivity index (χ2v) is 9.93. The minimum absolute atomic E-state index is 0.0542. The van der Waals surface area contributed by atoms with Gasteiger partial charge in [-0.3, -0.25) is 14.5 Å². The molecule has 3 aromatic rings. The fraction of sp³-hybridized carbons (Fsp3) is 0.267. The number of carbonyl (C=O) groups excluding carboxylic acids is 2. The number of aryl methyl sites for hydroxylation is 2. The van der Waals surface area contributed by atoms with E-state index in [9.17, 15) is 14.7 Å². The highest BCUT2D eigenvalue weighted by atomic mass is 79.9. The van der Waals surface area contributed by atoms with Crippen molar-refractivity contribution in [3.63, 3.8) is 0 Å². The van der Waals surface area contributed by atoms with Crippen molar-refractivity contribution >= 4 is 44.8 Å². The number of carbonyl (C=O) groups is 2. The smallest absolute Gasteiger partial charge is 0.300 e. The molecule has 1 fully saturated rings. The minimum Gasteiger partial charge on any atom is -0.507 e. The van der Waals surface area contributed by atoms with Gasteiger partial charge in [-0.25, -0.2) is 0 Å². The highest BCUT2D eigenvalue weighted by molar-refractivity contribution is 9.10. The Morgan fingerprint density at radius 2 is 1.68 bits per heavy atom. The molecule has 6 nitrogen and oxygen atoms in total. The summed E-state index contributed by atoms with van der Waals surface area (Å²) in [7, 11) is 1.55. The number of aliphatic hydroxyl groups is 1. The molecule has 0 aromatic heterocycles. The third-order valence-corrected chi connectivity index (χ3v) is 7.45. The van der Waals surface area contributed by atoms with E-state index in [-0.39, 0.29) is 11.3 Å². The van der Waals surface area contributed by atoms with E-state index in [2.05, 4.69) is 34.7 Å². The number of Topliss-reactive ketones (excluding diaryl/α,β-unsaturated/α-hetero) is 1. The second-order valence-electron chi connectivity index (χ2n) is 9.07. The maximum absolute atomic E-state index is 13.5. The van der Waals surface area contributed by atoms with Crippen molar-refractivity contribution in [3.05, 3.63) is 93.0 Å². The van der Waals surface area contributed by atoms with Crippen LogP contribution in [-0.2, 0) is 9.59 Å². The Bertz CT molecular complexity index is 1380. The Kier molecular flexibility index (Phi) is 7.73. The molecule has 0 aliphatic carbocycles. The van der Waals surface area contributed by atoms with E-state index in [0.717, 1.165) is 35.5 Å². The monoisotopic (exact) mass is 562 g/mol. The average Bonchev–Trinajstić information content (AvgIpc) is 3.16. The van der Waals surface area contributed by atoms with Crippen LogP contribution in [0.5, 0.6) is 5.75 Å². The molecule has 0 bridgehead atoms. The highest BCUT2D eigenvalue weighted by Crippen LogP contribution is 2.44. The number of rotatable bonds is 7. The summed E-state index contributed by atoms with van der Waals surface area (Å²) >= 11 is 3.45. The van der Waals surface area contributed by atoms with Gasteiger partial charge in [-0.05, 0) is 96.7 Å². The molecule has 0 spiro atoms. The van der Waals surface area contributed by atoms with Gasteiger partial charge in [0.25, 0.3) is 11.7 Å². The molecule has 1 N–H and O–H groups in total.